The van der Waals surface area contributed by atoms with Gasteiger partial charge < -0.3 is 9.47 Å². The lowest BCUT2D eigenvalue weighted by Crippen LogP contribution is -2.43. The van der Waals surface area contributed by atoms with Gasteiger partial charge in [-0.2, -0.15) is 0 Å². The minimum atomic E-state index is -0.887. The number of nitrogens with zero attached hydrogens (tertiary/aromatic N) is 2. The Bertz CT molecular complexity index is 1320. The van der Waals surface area contributed by atoms with E-state index in [1.807, 2.05) is 33.8 Å². The highest BCUT2D eigenvalue weighted by Gasteiger charge is 2.39. The molecule has 1 aromatic heterocycles. The Morgan fingerprint density at radius 3 is 2.54 bits per heavy atom. The monoisotopic (exact) mass is 544 g/mol. The summed E-state index contributed by atoms with van der Waals surface area (Å²) in [5.41, 5.74) is 3.74. The minimum Gasteiger partial charge on any atom is -0.483 e. The van der Waals surface area contributed by atoms with Crippen LogP contribution in [-0.4, -0.2) is 28.8 Å². The molecule has 5 nitrogen and oxygen atoms in total. The number of hydrogen-bond donors (Lipinski definition) is 0. The van der Waals surface area contributed by atoms with Gasteiger partial charge in [0.05, 0.1) is 15.9 Å². The predicted molar refractivity (Wildman–Crippen MR) is 152 cm³/mol. The van der Waals surface area contributed by atoms with Crippen LogP contribution in [0, 0.1) is 11.2 Å². The van der Waals surface area contributed by atoms with Gasteiger partial charge in [0.25, 0.3) is 0 Å². The number of aromatic nitrogens is 1. The molecule has 0 aliphatic heterocycles. The first kappa shape index (κ1) is 28.8. The van der Waals surface area contributed by atoms with Crippen LogP contribution in [-0.2, 0) is 4.74 Å². The first-order valence-electron chi connectivity index (χ1n) is 12.1. The molecule has 2 aromatic rings. The molecule has 1 aromatic carbocycles. The van der Waals surface area contributed by atoms with E-state index in [2.05, 4.69) is 32.0 Å². The van der Waals surface area contributed by atoms with Crippen LogP contribution in [0.1, 0.15) is 65.8 Å². The van der Waals surface area contributed by atoms with Crippen molar-refractivity contribution >= 4 is 50.4 Å². The number of ether oxygens (including phenoxy) is 2. The Morgan fingerprint density at radius 2 is 1.95 bits per heavy atom. The summed E-state index contributed by atoms with van der Waals surface area (Å²) in [7, 11) is 0. The molecule has 1 heterocycles. The summed E-state index contributed by atoms with van der Waals surface area (Å²) in [6.07, 6.45) is 4.68. The number of benzene rings is 1. The largest absolute Gasteiger partial charge is 0.483 e. The summed E-state index contributed by atoms with van der Waals surface area (Å²) < 4.78 is 27.4. The van der Waals surface area contributed by atoms with Crippen molar-refractivity contribution in [1.82, 2.24) is 4.98 Å². The highest BCUT2D eigenvalue weighted by molar-refractivity contribution is 7.19. The molecule has 3 rings (SSSR count). The third kappa shape index (κ3) is 7.62. The molecule has 0 radical (unpaired) electrons. The van der Waals surface area contributed by atoms with E-state index >= 15 is 4.39 Å². The summed E-state index contributed by atoms with van der Waals surface area (Å²) >= 11 is 6.91. The van der Waals surface area contributed by atoms with Crippen molar-refractivity contribution in [1.29, 1.82) is 0 Å². The molecule has 198 valence electrons. The smallest absolute Gasteiger partial charge is 0.404 e. The first-order chi connectivity index (χ1) is 17.3. The van der Waals surface area contributed by atoms with Crippen LogP contribution < -0.4 is 4.74 Å². The maximum absolute atomic E-state index is 15.2. The fourth-order valence-corrected chi connectivity index (χ4v) is 5.38. The van der Waals surface area contributed by atoms with E-state index in [4.69, 9.17) is 26.1 Å². The van der Waals surface area contributed by atoms with E-state index in [0.29, 0.717) is 29.1 Å². The van der Waals surface area contributed by atoms with Gasteiger partial charge in [-0.25, -0.2) is 14.2 Å². The maximum atomic E-state index is 15.2. The third-order valence-electron chi connectivity index (χ3n) is 5.98. The van der Waals surface area contributed by atoms with Gasteiger partial charge >= 0.3 is 5.43 Å². The minimum absolute atomic E-state index is 0.0363. The SMILES string of the molecule is C=C(C)C=N/C(C(=C)C)=C(/C=C(C)C)c1nc2cc(F)c(O[C@H]3CC(C)(C)CC[C@H]3OC(=O)Cl)cc2s1. The van der Waals surface area contributed by atoms with E-state index in [1.54, 1.807) is 12.3 Å². The van der Waals surface area contributed by atoms with Crippen molar-refractivity contribution in [2.75, 3.05) is 0 Å². The third-order valence-corrected chi connectivity index (χ3v) is 7.12. The van der Waals surface area contributed by atoms with Crippen LogP contribution in [0.2, 0.25) is 0 Å². The van der Waals surface area contributed by atoms with Gasteiger partial charge in [-0.1, -0.05) is 38.7 Å². The summed E-state index contributed by atoms with van der Waals surface area (Å²) in [4.78, 5) is 20.7. The molecular formula is C29H34ClFN2O3S. The summed E-state index contributed by atoms with van der Waals surface area (Å²) in [6.45, 7) is 20.0. The Kier molecular flexibility index (Phi) is 9.13. The summed E-state index contributed by atoms with van der Waals surface area (Å²) in [6, 6.07) is 3.03. The highest BCUT2D eigenvalue weighted by Crippen LogP contribution is 2.40. The van der Waals surface area contributed by atoms with Crippen molar-refractivity contribution in [3.63, 3.8) is 0 Å². The van der Waals surface area contributed by atoms with Crippen LogP contribution >= 0.6 is 22.9 Å². The second-order valence-corrected chi connectivity index (χ2v) is 11.9. The van der Waals surface area contributed by atoms with Crippen LogP contribution in [0.3, 0.4) is 0 Å². The lowest BCUT2D eigenvalue weighted by atomic mass is 9.75. The summed E-state index contributed by atoms with van der Waals surface area (Å²) in [5.74, 6) is -0.439. The van der Waals surface area contributed by atoms with Gasteiger partial charge in [0.1, 0.15) is 17.2 Å². The molecule has 1 aliphatic rings. The van der Waals surface area contributed by atoms with E-state index in [-0.39, 0.29) is 11.2 Å². The van der Waals surface area contributed by atoms with Crippen molar-refractivity contribution in [2.24, 2.45) is 10.4 Å². The van der Waals surface area contributed by atoms with Gasteiger partial charge in [0.2, 0.25) is 0 Å². The molecule has 2 atom stereocenters. The number of fused-ring (bicyclic) bond motifs is 1. The number of halogens is 2. The van der Waals surface area contributed by atoms with Crippen LogP contribution in [0.15, 0.2) is 58.8 Å². The standard InChI is InChI=1S/C29H34ClFN2O3S/c1-16(2)11-19(26(18(5)6)32-15-17(3)4)27-33-21-12-20(31)23(13-25(21)37-27)35-24-14-29(7,8)10-9-22(24)36-28(30)34/h11-13,15,22,24H,3,5,9-10,14H2,1-2,4,6-8H3/b26-19-,32-15?/t22-,24+/m1/s1. The van der Waals surface area contributed by atoms with Gasteiger partial charge in [0, 0.05) is 35.5 Å². The van der Waals surface area contributed by atoms with Crippen LogP contribution in [0.4, 0.5) is 9.18 Å². The number of rotatable bonds is 8. The second kappa shape index (κ2) is 11.7. The second-order valence-electron chi connectivity index (χ2n) is 10.6. The molecule has 0 amide bonds. The molecule has 1 fully saturated rings. The first-order valence-corrected chi connectivity index (χ1v) is 13.3. The average Bonchev–Trinajstić information content (AvgIpc) is 3.16. The maximum Gasteiger partial charge on any atom is 0.404 e. The van der Waals surface area contributed by atoms with Crippen LogP contribution in [0.25, 0.3) is 15.8 Å². The molecule has 0 unspecified atom stereocenters. The fraction of sp³-hybridized carbons (Fsp3) is 0.414. The number of thiazole rings is 1. The zero-order valence-corrected chi connectivity index (χ0v) is 23.9. The Morgan fingerprint density at radius 1 is 1.24 bits per heavy atom. The molecule has 0 spiro atoms. The van der Waals surface area contributed by atoms with Crippen molar-refractivity contribution in [3.05, 3.63) is 64.6 Å². The molecule has 0 saturated heterocycles. The molecule has 37 heavy (non-hydrogen) atoms. The number of hydrogen-bond acceptors (Lipinski definition) is 6. The number of aliphatic imine (C=N–C) groups is 1. The van der Waals surface area contributed by atoms with E-state index in [1.165, 1.54) is 17.4 Å². The van der Waals surface area contributed by atoms with Crippen molar-refractivity contribution < 1.29 is 18.7 Å². The van der Waals surface area contributed by atoms with Gasteiger partial charge in [-0.15, -0.1) is 11.3 Å². The lowest BCUT2D eigenvalue weighted by molar-refractivity contribution is -0.0338. The van der Waals surface area contributed by atoms with Gasteiger partial charge in [0.15, 0.2) is 11.6 Å². The van der Waals surface area contributed by atoms with E-state index in [0.717, 1.165) is 33.4 Å². The van der Waals surface area contributed by atoms with Crippen LogP contribution in [0.5, 0.6) is 5.75 Å². The molecule has 8 heteroatoms. The van der Waals surface area contributed by atoms with Crippen molar-refractivity contribution in [3.8, 4) is 5.75 Å². The Labute approximate surface area is 227 Å². The Balaban J connectivity index is 2.06. The fourth-order valence-electron chi connectivity index (χ4n) is 4.27. The quantitative estimate of drug-likeness (QED) is 0.189. The highest BCUT2D eigenvalue weighted by atomic mass is 35.5. The van der Waals surface area contributed by atoms with Crippen molar-refractivity contribution in [2.45, 2.75) is 73.0 Å². The number of allylic oxidation sites excluding steroid dienone is 5. The molecule has 1 saturated carbocycles. The molecular weight excluding hydrogens is 511 g/mol. The zero-order chi connectivity index (χ0) is 27.5. The average molecular weight is 545 g/mol. The predicted octanol–water partition coefficient (Wildman–Crippen LogP) is 9.04. The Hall–Kier alpha value is -2.77. The molecule has 0 bridgehead atoms. The van der Waals surface area contributed by atoms with Gasteiger partial charge in [-0.3, -0.25) is 4.99 Å². The number of carbonyl (C=O) groups is 1. The normalized spacial score (nSPS) is 19.9. The number of carbonyl (C=O) groups excluding carboxylic acids is 1. The van der Waals surface area contributed by atoms with E-state index in [9.17, 15) is 4.79 Å². The van der Waals surface area contributed by atoms with E-state index < -0.39 is 23.5 Å². The topological polar surface area (TPSA) is 60.8 Å². The molecule has 0 N–H and O–H groups in total. The lowest BCUT2D eigenvalue weighted by Gasteiger charge is -2.39. The summed E-state index contributed by atoms with van der Waals surface area (Å²) in [5, 5.41) is 0.692. The molecule has 1 aliphatic carbocycles. The zero-order valence-electron chi connectivity index (χ0n) is 22.3. The van der Waals surface area contributed by atoms with Gasteiger partial charge in [-0.05, 0) is 63.5 Å².